The topological polar surface area (TPSA) is 38.8 Å². The van der Waals surface area contributed by atoms with E-state index in [0.29, 0.717) is 23.5 Å². The van der Waals surface area contributed by atoms with Gasteiger partial charge in [-0.3, -0.25) is 0 Å². The van der Waals surface area contributed by atoms with Crippen LogP contribution in [0.2, 0.25) is 0 Å². The number of rotatable bonds is 12. The van der Waals surface area contributed by atoms with Gasteiger partial charge in [0.1, 0.15) is 11.5 Å². The molecule has 0 atom stereocenters. The summed E-state index contributed by atoms with van der Waals surface area (Å²) < 4.78 is 10.9. The van der Waals surface area contributed by atoms with Gasteiger partial charge in [0.15, 0.2) is 6.61 Å². The van der Waals surface area contributed by atoms with Crippen LogP contribution in [0.15, 0.2) is 103 Å². The SMILES string of the molecule is CCC(CC)c1ccc(N(Cc2cccc(-c3ccc(OCC(=O)Oc4ccccc4)cc3)c2)C(C)C)cc1. The van der Waals surface area contributed by atoms with Crippen molar-refractivity contribution in [2.45, 2.75) is 59.0 Å². The molecule has 4 nitrogen and oxygen atoms in total. The van der Waals surface area contributed by atoms with Crippen molar-refractivity contribution in [1.82, 2.24) is 0 Å². The molecular weight excluding hydrogens is 482 g/mol. The second-order valence-corrected chi connectivity index (χ2v) is 10.1. The number of carbonyl (C=O) groups excluding carboxylic acids is 1. The molecule has 0 aliphatic rings. The van der Waals surface area contributed by atoms with Crippen molar-refractivity contribution < 1.29 is 14.3 Å². The average molecular weight is 522 g/mol. The van der Waals surface area contributed by atoms with E-state index in [1.165, 1.54) is 29.7 Å². The van der Waals surface area contributed by atoms with Crippen molar-refractivity contribution >= 4 is 11.7 Å². The molecule has 4 aromatic rings. The number of ether oxygens (including phenoxy) is 2. The van der Waals surface area contributed by atoms with Crippen LogP contribution in [0.3, 0.4) is 0 Å². The van der Waals surface area contributed by atoms with Crippen LogP contribution in [0.4, 0.5) is 5.69 Å². The van der Waals surface area contributed by atoms with E-state index in [4.69, 9.17) is 9.47 Å². The van der Waals surface area contributed by atoms with E-state index in [2.05, 4.69) is 81.1 Å². The average Bonchev–Trinajstić information content (AvgIpc) is 2.97. The van der Waals surface area contributed by atoms with Crippen LogP contribution < -0.4 is 14.4 Å². The van der Waals surface area contributed by atoms with Gasteiger partial charge >= 0.3 is 5.97 Å². The lowest BCUT2D eigenvalue weighted by molar-refractivity contribution is -0.136. The molecule has 0 fully saturated rings. The highest BCUT2D eigenvalue weighted by Crippen LogP contribution is 2.28. The zero-order valence-electron chi connectivity index (χ0n) is 23.5. The molecular formula is C35H39NO3. The van der Waals surface area contributed by atoms with E-state index in [0.717, 1.165) is 17.7 Å². The van der Waals surface area contributed by atoms with Gasteiger partial charge < -0.3 is 14.4 Å². The number of hydrogen-bond acceptors (Lipinski definition) is 4. The van der Waals surface area contributed by atoms with E-state index in [9.17, 15) is 4.79 Å². The van der Waals surface area contributed by atoms with Crippen molar-refractivity contribution in [3.63, 3.8) is 0 Å². The van der Waals surface area contributed by atoms with E-state index >= 15 is 0 Å². The Kier molecular flexibility index (Phi) is 9.80. The summed E-state index contributed by atoms with van der Waals surface area (Å²) in [6.45, 7) is 9.70. The zero-order chi connectivity index (χ0) is 27.6. The van der Waals surface area contributed by atoms with Crippen molar-refractivity contribution in [1.29, 1.82) is 0 Å². The van der Waals surface area contributed by atoms with Gasteiger partial charge in [-0.1, -0.05) is 74.5 Å². The van der Waals surface area contributed by atoms with Crippen molar-refractivity contribution in [3.05, 3.63) is 114 Å². The summed E-state index contributed by atoms with van der Waals surface area (Å²) >= 11 is 0. The number of anilines is 1. The largest absolute Gasteiger partial charge is 0.482 e. The fourth-order valence-corrected chi connectivity index (χ4v) is 4.85. The summed E-state index contributed by atoms with van der Waals surface area (Å²) in [4.78, 5) is 14.5. The molecule has 202 valence electrons. The van der Waals surface area contributed by atoms with Crippen LogP contribution in [0.5, 0.6) is 11.5 Å². The Morgan fingerprint density at radius 1 is 0.744 bits per heavy atom. The number of nitrogens with zero attached hydrogens (tertiary/aromatic N) is 1. The molecule has 0 aromatic heterocycles. The molecule has 0 saturated heterocycles. The van der Waals surface area contributed by atoms with Gasteiger partial charge in [0, 0.05) is 18.3 Å². The first-order valence-corrected chi connectivity index (χ1v) is 13.9. The highest BCUT2D eigenvalue weighted by molar-refractivity contribution is 5.74. The molecule has 4 heteroatoms. The molecule has 0 amide bonds. The van der Waals surface area contributed by atoms with E-state index in [-0.39, 0.29) is 6.61 Å². The first-order chi connectivity index (χ1) is 19.0. The molecule has 0 N–H and O–H groups in total. The molecule has 0 unspecified atom stereocenters. The number of para-hydroxylation sites is 1. The number of carbonyl (C=O) groups is 1. The first kappa shape index (κ1) is 28.0. The minimum Gasteiger partial charge on any atom is -0.482 e. The smallest absolute Gasteiger partial charge is 0.349 e. The molecule has 0 spiro atoms. The van der Waals surface area contributed by atoms with Gasteiger partial charge in [0.05, 0.1) is 0 Å². The summed E-state index contributed by atoms with van der Waals surface area (Å²) in [7, 11) is 0. The number of esters is 1. The van der Waals surface area contributed by atoms with Gasteiger partial charge in [-0.15, -0.1) is 0 Å². The fraction of sp³-hybridized carbons (Fsp3) is 0.286. The van der Waals surface area contributed by atoms with Crippen LogP contribution >= 0.6 is 0 Å². The highest BCUT2D eigenvalue weighted by atomic mass is 16.6. The van der Waals surface area contributed by atoms with Crippen molar-refractivity contribution in [2.24, 2.45) is 0 Å². The maximum absolute atomic E-state index is 12.1. The maximum Gasteiger partial charge on any atom is 0.349 e. The van der Waals surface area contributed by atoms with Crippen LogP contribution in [0, 0.1) is 0 Å². The zero-order valence-corrected chi connectivity index (χ0v) is 23.5. The maximum atomic E-state index is 12.1. The quantitative estimate of drug-likeness (QED) is 0.138. The Morgan fingerprint density at radius 2 is 1.44 bits per heavy atom. The Labute approximate surface area is 233 Å². The molecule has 39 heavy (non-hydrogen) atoms. The lowest BCUT2D eigenvalue weighted by atomic mass is 9.94. The molecule has 0 saturated carbocycles. The summed E-state index contributed by atoms with van der Waals surface area (Å²) in [6.07, 6.45) is 2.34. The van der Waals surface area contributed by atoms with Crippen LogP contribution in [0.1, 0.15) is 57.6 Å². The summed E-state index contributed by atoms with van der Waals surface area (Å²) in [5.41, 5.74) is 6.18. The van der Waals surface area contributed by atoms with E-state index in [1.807, 2.05) is 42.5 Å². The lowest BCUT2D eigenvalue weighted by Gasteiger charge is -2.30. The third-order valence-corrected chi connectivity index (χ3v) is 7.10. The summed E-state index contributed by atoms with van der Waals surface area (Å²) in [5.74, 6) is 1.33. The Hall–Kier alpha value is -4.05. The van der Waals surface area contributed by atoms with Crippen LogP contribution in [-0.2, 0) is 11.3 Å². The van der Waals surface area contributed by atoms with Crippen LogP contribution in [0.25, 0.3) is 11.1 Å². The number of benzene rings is 4. The monoisotopic (exact) mass is 521 g/mol. The second-order valence-electron chi connectivity index (χ2n) is 10.1. The first-order valence-electron chi connectivity index (χ1n) is 13.9. The predicted octanol–water partition coefficient (Wildman–Crippen LogP) is 8.66. The normalized spacial score (nSPS) is 11.0. The lowest BCUT2D eigenvalue weighted by Crippen LogP contribution is -2.30. The molecule has 0 aliphatic carbocycles. The predicted molar refractivity (Wildman–Crippen MR) is 161 cm³/mol. The molecule has 0 aliphatic heterocycles. The molecule has 4 aromatic carbocycles. The van der Waals surface area contributed by atoms with E-state index in [1.54, 1.807) is 12.1 Å². The van der Waals surface area contributed by atoms with Gasteiger partial charge in [0.25, 0.3) is 0 Å². The molecule has 0 bridgehead atoms. The third-order valence-electron chi connectivity index (χ3n) is 7.10. The molecule has 0 radical (unpaired) electrons. The Balaban J connectivity index is 1.40. The summed E-state index contributed by atoms with van der Waals surface area (Å²) in [6, 6.07) is 35.0. The fourth-order valence-electron chi connectivity index (χ4n) is 4.85. The minimum absolute atomic E-state index is 0.146. The van der Waals surface area contributed by atoms with Crippen LogP contribution in [-0.4, -0.2) is 18.6 Å². The van der Waals surface area contributed by atoms with Gasteiger partial charge in [-0.25, -0.2) is 4.79 Å². The third kappa shape index (κ3) is 7.73. The van der Waals surface area contributed by atoms with E-state index < -0.39 is 5.97 Å². The number of hydrogen-bond donors (Lipinski definition) is 0. The van der Waals surface area contributed by atoms with Gasteiger partial charge in [-0.05, 0) is 97.3 Å². The standard InChI is InChI=1S/C35H39NO3/c1-5-28(6-2)29-15-19-32(20-16-29)36(26(3)4)24-27-11-10-12-31(23-27)30-17-21-33(22-18-30)38-25-35(37)39-34-13-8-7-9-14-34/h7-23,26,28H,5-6,24-25H2,1-4H3. The second kappa shape index (κ2) is 13.7. The molecule has 4 rings (SSSR count). The highest BCUT2D eigenvalue weighted by Gasteiger charge is 2.14. The summed E-state index contributed by atoms with van der Waals surface area (Å²) in [5, 5.41) is 0. The Bertz CT molecular complexity index is 1310. The van der Waals surface area contributed by atoms with Gasteiger partial charge in [-0.2, -0.15) is 0 Å². The molecule has 0 heterocycles. The van der Waals surface area contributed by atoms with Crippen molar-refractivity contribution in [2.75, 3.05) is 11.5 Å². The van der Waals surface area contributed by atoms with Gasteiger partial charge in [0.2, 0.25) is 0 Å². The van der Waals surface area contributed by atoms with Crippen molar-refractivity contribution in [3.8, 4) is 22.6 Å². The minimum atomic E-state index is -0.433. The Morgan fingerprint density at radius 3 is 2.08 bits per heavy atom.